The minimum atomic E-state index is -0.120. The average molecular weight is 297 g/mol. The molecule has 0 spiro atoms. The molecule has 0 amide bonds. The van der Waals surface area contributed by atoms with Crippen molar-refractivity contribution in [3.8, 4) is 11.5 Å². The van der Waals surface area contributed by atoms with Crippen molar-refractivity contribution in [2.24, 2.45) is 0 Å². The molecule has 2 rings (SSSR count). The number of benzene rings is 2. The molecule has 3 N–H and O–H groups in total. The predicted octanol–water partition coefficient (Wildman–Crippen LogP) is 3.50. The first-order chi connectivity index (χ1) is 10.4. The van der Waals surface area contributed by atoms with Crippen LogP contribution in [0.2, 0.25) is 0 Å². The summed E-state index contributed by atoms with van der Waals surface area (Å²) in [7, 11) is 1.54. The lowest BCUT2D eigenvalue weighted by Crippen LogP contribution is -1.96. The number of nitrogens with two attached hydrogens (primary N) is 1. The second-order valence-corrected chi connectivity index (χ2v) is 5.11. The van der Waals surface area contributed by atoms with Gasteiger partial charge in [0.2, 0.25) is 0 Å². The molecule has 0 saturated heterocycles. The zero-order valence-electron chi connectivity index (χ0n) is 12.9. The summed E-state index contributed by atoms with van der Waals surface area (Å²) in [5.41, 5.74) is 8.93. The fourth-order valence-electron chi connectivity index (χ4n) is 2.29. The maximum absolute atomic E-state index is 12.1. The number of nitrogen functional groups attached to an aromatic ring is 1. The van der Waals surface area contributed by atoms with Crippen molar-refractivity contribution in [3.05, 3.63) is 58.7 Å². The number of ether oxygens (including phenoxy) is 1. The summed E-state index contributed by atoms with van der Waals surface area (Å²) in [6, 6.07) is 8.54. The summed E-state index contributed by atoms with van der Waals surface area (Å²) in [4.78, 5) is 12.1. The van der Waals surface area contributed by atoms with Crippen LogP contribution in [-0.4, -0.2) is 18.0 Å². The van der Waals surface area contributed by atoms with Gasteiger partial charge in [0.25, 0.3) is 0 Å². The minimum absolute atomic E-state index is 0.120. The van der Waals surface area contributed by atoms with Crippen molar-refractivity contribution in [2.75, 3.05) is 12.8 Å². The van der Waals surface area contributed by atoms with E-state index < -0.39 is 0 Å². The largest absolute Gasteiger partial charge is 0.507 e. The monoisotopic (exact) mass is 297 g/mol. The Hall–Kier alpha value is -2.75. The summed E-state index contributed by atoms with van der Waals surface area (Å²) >= 11 is 0. The van der Waals surface area contributed by atoms with Gasteiger partial charge in [-0.1, -0.05) is 0 Å². The van der Waals surface area contributed by atoms with Gasteiger partial charge >= 0.3 is 0 Å². The Morgan fingerprint density at radius 3 is 2.45 bits per heavy atom. The molecule has 0 fully saturated rings. The van der Waals surface area contributed by atoms with Gasteiger partial charge < -0.3 is 15.6 Å². The number of aryl methyl sites for hydroxylation is 1. The Morgan fingerprint density at radius 1 is 1.23 bits per heavy atom. The van der Waals surface area contributed by atoms with E-state index in [0.29, 0.717) is 22.6 Å². The van der Waals surface area contributed by atoms with Gasteiger partial charge in [-0.05, 0) is 61.9 Å². The highest BCUT2D eigenvalue weighted by atomic mass is 16.5. The molecule has 0 aliphatic rings. The van der Waals surface area contributed by atoms with E-state index in [1.807, 2.05) is 0 Å². The molecule has 0 unspecified atom stereocenters. The fourth-order valence-corrected chi connectivity index (χ4v) is 2.29. The van der Waals surface area contributed by atoms with Crippen LogP contribution in [0.4, 0.5) is 5.69 Å². The van der Waals surface area contributed by atoms with Gasteiger partial charge in [0, 0.05) is 22.4 Å². The molecule has 4 nitrogen and oxygen atoms in total. The summed E-state index contributed by atoms with van der Waals surface area (Å²) < 4.78 is 5.33. The molecule has 114 valence electrons. The number of carbonyl (C=O) groups is 1. The summed E-state index contributed by atoms with van der Waals surface area (Å²) in [5, 5.41) is 9.94. The minimum Gasteiger partial charge on any atom is -0.507 e. The first kappa shape index (κ1) is 15.6. The molecule has 22 heavy (non-hydrogen) atoms. The fraction of sp³-hybridized carbons (Fsp3) is 0.167. The van der Waals surface area contributed by atoms with Gasteiger partial charge in [0.15, 0.2) is 5.78 Å². The van der Waals surface area contributed by atoms with Crippen LogP contribution in [0, 0.1) is 13.8 Å². The summed E-state index contributed by atoms with van der Waals surface area (Å²) in [5.74, 6) is 0.647. The lowest BCUT2D eigenvalue weighted by molar-refractivity contribution is 0.104. The van der Waals surface area contributed by atoms with Crippen molar-refractivity contribution in [1.82, 2.24) is 0 Å². The number of hydrogen-bond donors (Lipinski definition) is 2. The average Bonchev–Trinajstić information content (AvgIpc) is 2.51. The van der Waals surface area contributed by atoms with Crippen LogP contribution in [0.1, 0.15) is 27.0 Å². The maximum Gasteiger partial charge on any atom is 0.185 e. The highest BCUT2D eigenvalue weighted by Gasteiger charge is 2.12. The molecule has 0 radical (unpaired) electrons. The van der Waals surface area contributed by atoms with Gasteiger partial charge in [-0.3, -0.25) is 4.79 Å². The number of aromatic hydroxyl groups is 1. The Labute approximate surface area is 129 Å². The molecule has 0 aromatic heterocycles. The van der Waals surface area contributed by atoms with E-state index in [2.05, 4.69) is 0 Å². The third-order valence-electron chi connectivity index (χ3n) is 3.52. The number of allylic oxidation sites excluding steroid dienone is 1. The maximum atomic E-state index is 12.1. The van der Waals surface area contributed by atoms with Crippen molar-refractivity contribution in [2.45, 2.75) is 13.8 Å². The van der Waals surface area contributed by atoms with Gasteiger partial charge in [0.1, 0.15) is 11.5 Å². The lowest BCUT2D eigenvalue weighted by Gasteiger charge is -2.12. The van der Waals surface area contributed by atoms with Gasteiger partial charge in [-0.2, -0.15) is 0 Å². The van der Waals surface area contributed by atoms with Crippen molar-refractivity contribution in [1.29, 1.82) is 0 Å². The summed E-state index contributed by atoms with van der Waals surface area (Å²) in [6.07, 6.45) is 3.18. The number of phenols is 1. The smallest absolute Gasteiger partial charge is 0.185 e. The summed E-state index contributed by atoms with van der Waals surface area (Å²) in [6.45, 7) is 3.58. The van der Waals surface area contributed by atoms with Crippen LogP contribution in [-0.2, 0) is 0 Å². The molecule has 0 aliphatic heterocycles. The van der Waals surface area contributed by atoms with Crippen LogP contribution in [0.3, 0.4) is 0 Å². The Kier molecular flexibility index (Phi) is 4.51. The van der Waals surface area contributed by atoms with Crippen LogP contribution >= 0.6 is 0 Å². The number of ketones is 1. The van der Waals surface area contributed by atoms with Crippen LogP contribution < -0.4 is 10.5 Å². The van der Waals surface area contributed by atoms with E-state index >= 15 is 0 Å². The van der Waals surface area contributed by atoms with Crippen molar-refractivity contribution in [3.63, 3.8) is 0 Å². The Balaban J connectivity index is 2.34. The zero-order valence-corrected chi connectivity index (χ0v) is 12.9. The molecule has 0 aliphatic carbocycles. The number of hydrogen-bond acceptors (Lipinski definition) is 4. The van der Waals surface area contributed by atoms with E-state index in [1.165, 1.54) is 13.2 Å². The van der Waals surface area contributed by atoms with Crippen LogP contribution in [0.15, 0.2) is 36.4 Å². The molecule has 2 aromatic carbocycles. The Bertz CT molecular complexity index is 731. The van der Waals surface area contributed by atoms with E-state index in [-0.39, 0.29) is 11.5 Å². The highest BCUT2D eigenvalue weighted by molar-refractivity contribution is 6.07. The van der Waals surface area contributed by atoms with E-state index in [0.717, 1.165) is 11.1 Å². The first-order valence-electron chi connectivity index (χ1n) is 6.89. The second-order valence-electron chi connectivity index (χ2n) is 5.11. The van der Waals surface area contributed by atoms with Gasteiger partial charge in [0.05, 0.1) is 7.11 Å². The zero-order chi connectivity index (χ0) is 16.3. The van der Waals surface area contributed by atoms with Crippen LogP contribution in [0.5, 0.6) is 11.5 Å². The third kappa shape index (κ3) is 3.11. The Morgan fingerprint density at radius 2 is 1.86 bits per heavy atom. The van der Waals surface area contributed by atoms with E-state index in [4.69, 9.17) is 10.5 Å². The lowest BCUT2D eigenvalue weighted by atomic mass is 10.0. The first-order valence-corrected chi connectivity index (χ1v) is 6.89. The second kappa shape index (κ2) is 6.35. The number of carbonyl (C=O) groups excluding carboxylic acids is 1. The molecule has 0 saturated carbocycles. The van der Waals surface area contributed by atoms with E-state index in [1.54, 1.807) is 50.3 Å². The SMILES string of the molecule is COc1c(C=CC(=O)c2ccc(N)cc2)cc(C)c(O)c1C. The number of methoxy groups -OCH3 is 1. The number of rotatable bonds is 4. The van der Waals surface area contributed by atoms with Gasteiger partial charge in [-0.15, -0.1) is 0 Å². The molecule has 2 aromatic rings. The molecule has 0 heterocycles. The highest BCUT2D eigenvalue weighted by Crippen LogP contribution is 2.34. The third-order valence-corrected chi connectivity index (χ3v) is 3.52. The normalized spacial score (nSPS) is 10.9. The number of phenolic OH excluding ortho intramolecular Hbond substituents is 1. The molecular formula is C18H19NO3. The van der Waals surface area contributed by atoms with Crippen molar-refractivity contribution < 1.29 is 14.6 Å². The number of anilines is 1. The standard InChI is InChI=1S/C18H19NO3/c1-11-10-14(18(22-3)12(2)17(11)21)6-9-16(20)13-4-7-15(19)8-5-13/h4-10,21H,19H2,1-3H3. The van der Waals surface area contributed by atoms with E-state index in [9.17, 15) is 9.90 Å². The van der Waals surface area contributed by atoms with Crippen molar-refractivity contribution >= 4 is 17.5 Å². The molecular weight excluding hydrogens is 278 g/mol. The molecule has 4 heteroatoms. The topological polar surface area (TPSA) is 72.5 Å². The quantitative estimate of drug-likeness (QED) is 0.514. The predicted molar refractivity (Wildman–Crippen MR) is 88.4 cm³/mol. The molecule has 0 bridgehead atoms. The molecule has 0 atom stereocenters. The van der Waals surface area contributed by atoms with Gasteiger partial charge in [-0.25, -0.2) is 0 Å². The van der Waals surface area contributed by atoms with Crippen LogP contribution in [0.25, 0.3) is 6.08 Å².